The van der Waals surface area contributed by atoms with Gasteiger partial charge < -0.3 is 10.5 Å². The predicted octanol–water partition coefficient (Wildman–Crippen LogP) is 1.01. The first-order chi connectivity index (χ1) is 6.93. The lowest BCUT2D eigenvalue weighted by Crippen LogP contribution is -2.15. The Kier molecular flexibility index (Phi) is 3.57. The smallest absolute Gasteiger partial charge is 0.272 e. The van der Waals surface area contributed by atoms with Gasteiger partial charge in [-0.2, -0.15) is 5.10 Å². The van der Waals surface area contributed by atoms with Crippen LogP contribution in [-0.2, 0) is 7.05 Å². The third-order valence-corrected chi connectivity index (χ3v) is 1.97. The van der Waals surface area contributed by atoms with Crippen molar-refractivity contribution in [1.82, 2.24) is 9.78 Å². The second kappa shape index (κ2) is 4.52. The summed E-state index contributed by atoms with van der Waals surface area (Å²) < 4.78 is 30.2. The highest BCUT2D eigenvalue weighted by atomic mass is 32.1. The first-order valence-corrected chi connectivity index (χ1v) is 4.58. The lowest BCUT2D eigenvalue weighted by atomic mass is 10.2. The minimum Gasteiger partial charge on any atom is -0.471 e. The molecule has 0 aliphatic heterocycles. The molecule has 0 aromatic carbocycles. The van der Waals surface area contributed by atoms with Gasteiger partial charge in [-0.05, 0) is 6.92 Å². The van der Waals surface area contributed by atoms with Crippen LogP contribution in [-0.4, -0.2) is 27.8 Å². The minimum absolute atomic E-state index is 0.0878. The summed E-state index contributed by atoms with van der Waals surface area (Å²) in [4.78, 5) is 0.0878. The average Bonchev–Trinajstić information content (AvgIpc) is 2.37. The van der Waals surface area contributed by atoms with E-state index in [4.69, 9.17) is 22.7 Å². The zero-order valence-corrected chi connectivity index (χ0v) is 9.15. The van der Waals surface area contributed by atoms with Crippen LogP contribution in [0.2, 0.25) is 0 Å². The lowest BCUT2D eigenvalue weighted by molar-refractivity contribution is 0.0773. The van der Waals surface area contributed by atoms with E-state index in [1.807, 2.05) is 0 Å². The molecule has 1 aromatic heterocycles. The number of nitrogens with zero attached hydrogens (tertiary/aromatic N) is 2. The molecule has 1 heterocycles. The molecule has 1 rings (SSSR count). The Morgan fingerprint density at radius 1 is 1.67 bits per heavy atom. The van der Waals surface area contributed by atoms with Crippen LogP contribution in [0.1, 0.15) is 11.3 Å². The maximum Gasteiger partial charge on any atom is 0.272 e. The molecule has 1 aromatic rings. The molecule has 2 N–H and O–H groups in total. The van der Waals surface area contributed by atoms with Crippen molar-refractivity contribution >= 4 is 17.2 Å². The first-order valence-electron chi connectivity index (χ1n) is 4.17. The van der Waals surface area contributed by atoms with E-state index < -0.39 is 13.0 Å². The summed E-state index contributed by atoms with van der Waals surface area (Å²) in [7, 11) is 1.58. The van der Waals surface area contributed by atoms with E-state index in [2.05, 4.69) is 5.10 Å². The van der Waals surface area contributed by atoms with Gasteiger partial charge in [-0.15, -0.1) is 0 Å². The van der Waals surface area contributed by atoms with Crippen LogP contribution in [0.5, 0.6) is 5.88 Å². The zero-order valence-electron chi connectivity index (χ0n) is 8.33. The van der Waals surface area contributed by atoms with Crippen LogP contribution in [0.4, 0.5) is 8.78 Å². The molecular formula is C8H11F2N3OS. The topological polar surface area (TPSA) is 53.1 Å². The number of aromatic nitrogens is 2. The summed E-state index contributed by atoms with van der Waals surface area (Å²) in [6.07, 6.45) is -2.54. The quantitative estimate of drug-likeness (QED) is 0.791. The fraction of sp³-hybridized carbons (Fsp3) is 0.500. The van der Waals surface area contributed by atoms with Crippen molar-refractivity contribution < 1.29 is 13.5 Å². The molecule has 0 fully saturated rings. The Hall–Kier alpha value is -1.24. The van der Waals surface area contributed by atoms with E-state index in [-0.39, 0.29) is 10.9 Å². The number of hydrogen-bond acceptors (Lipinski definition) is 3. The van der Waals surface area contributed by atoms with Crippen molar-refractivity contribution in [3.05, 3.63) is 11.3 Å². The molecule has 4 nitrogen and oxygen atoms in total. The molecular weight excluding hydrogens is 224 g/mol. The number of aryl methyl sites for hydroxylation is 2. The fourth-order valence-corrected chi connectivity index (χ4v) is 1.46. The molecule has 0 unspecified atom stereocenters. The second-order valence-electron chi connectivity index (χ2n) is 2.96. The third kappa shape index (κ3) is 2.62. The molecule has 0 aliphatic rings. The van der Waals surface area contributed by atoms with Crippen LogP contribution < -0.4 is 10.5 Å². The number of hydrogen-bond donors (Lipinski definition) is 1. The Bertz CT molecular complexity index is 378. The SMILES string of the molecule is Cc1nn(C)c(OCC(F)F)c1C(N)=S. The van der Waals surface area contributed by atoms with Gasteiger partial charge in [0, 0.05) is 7.05 Å². The second-order valence-corrected chi connectivity index (χ2v) is 3.40. The first kappa shape index (κ1) is 11.8. The third-order valence-electron chi connectivity index (χ3n) is 1.76. The molecule has 0 spiro atoms. The monoisotopic (exact) mass is 235 g/mol. The Morgan fingerprint density at radius 3 is 2.73 bits per heavy atom. The highest BCUT2D eigenvalue weighted by Crippen LogP contribution is 2.21. The van der Waals surface area contributed by atoms with Crippen molar-refractivity contribution in [3.63, 3.8) is 0 Å². The van der Waals surface area contributed by atoms with Gasteiger partial charge in [0.1, 0.15) is 4.99 Å². The maximum absolute atomic E-state index is 12.0. The van der Waals surface area contributed by atoms with Gasteiger partial charge in [0.05, 0.1) is 11.3 Å². The number of thiocarbonyl (C=S) groups is 1. The molecule has 0 amide bonds. The van der Waals surface area contributed by atoms with Gasteiger partial charge in [-0.25, -0.2) is 13.5 Å². The van der Waals surface area contributed by atoms with E-state index in [9.17, 15) is 8.78 Å². The van der Waals surface area contributed by atoms with Gasteiger partial charge in [0.25, 0.3) is 6.43 Å². The van der Waals surface area contributed by atoms with Gasteiger partial charge in [-0.1, -0.05) is 12.2 Å². The van der Waals surface area contributed by atoms with E-state index in [0.717, 1.165) is 0 Å². The number of rotatable bonds is 4. The molecule has 84 valence electrons. The summed E-state index contributed by atoms with van der Waals surface area (Å²) in [5.41, 5.74) is 6.42. The van der Waals surface area contributed by atoms with Gasteiger partial charge in [0.2, 0.25) is 5.88 Å². The molecule has 0 bridgehead atoms. The van der Waals surface area contributed by atoms with Crippen LogP contribution in [0.15, 0.2) is 0 Å². The summed E-state index contributed by atoms with van der Waals surface area (Å²) in [6.45, 7) is 0.984. The van der Waals surface area contributed by atoms with Gasteiger partial charge in [-0.3, -0.25) is 0 Å². The van der Waals surface area contributed by atoms with E-state index in [1.165, 1.54) is 4.68 Å². The molecule has 15 heavy (non-hydrogen) atoms. The molecule has 0 aliphatic carbocycles. The van der Waals surface area contributed by atoms with Gasteiger partial charge >= 0.3 is 0 Å². The highest BCUT2D eigenvalue weighted by Gasteiger charge is 2.18. The standard InChI is InChI=1S/C8H11F2N3OS/c1-4-6(7(11)15)8(13(2)12-4)14-3-5(9)10/h5H,3H2,1-2H3,(H2,11,15). The van der Waals surface area contributed by atoms with Crippen molar-refractivity contribution in [2.24, 2.45) is 12.8 Å². The number of ether oxygens (including phenoxy) is 1. The minimum atomic E-state index is -2.54. The van der Waals surface area contributed by atoms with Crippen LogP contribution >= 0.6 is 12.2 Å². The molecule has 0 atom stereocenters. The van der Waals surface area contributed by atoms with Crippen molar-refractivity contribution in [2.45, 2.75) is 13.3 Å². The maximum atomic E-state index is 12.0. The Balaban J connectivity index is 2.99. The molecule has 7 heteroatoms. The highest BCUT2D eigenvalue weighted by molar-refractivity contribution is 7.80. The molecule has 0 saturated heterocycles. The van der Waals surface area contributed by atoms with Crippen LogP contribution in [0.3, 0.4) is 0 Å². The molecule has 0 radical (unpaired) electrons. The lowest BCUT2D eigenvalue weighted by Gasteiger charge is -2.07. The predicted molar refractivity (Wildman–Crippen MR) is 55.3 cm³/mol. The Morgan fingerprint density at radius 2 is 2.27 bits per heavy atom. The summed E-state index contributed by atoms with van der Waals surface area (Å²) in [5, 5.41) is 3.99. The summed E-state index contributed by atoms with van der Waals surface area (Å²) in [6, 6.07) is 0. The van der Waals surface area contributed by atoms with Gasteiger partial charge in [0.15, 0.2) is 6.61 Å². The summed E-state index contributed by atoms with van der Waals surface area (Å²) >= 11 is 4.79. The van der Waals surface area contributed by atoms with Crippen molar-refractivity contribution in [3.8, 4) is 5.88 Å². The number of nitrogens with two attached hydrogens (primary N) is 1. The largest absolute Gasteiger partial charge is 0.471 e. The van der Waals surface area contributed by atoms with E-state index in [0.29, 0.717) is 11.3 Å². The summed E-state index contributed by atoms with van der Waals surface area (Å²) in [5.74, 6) is 0.181. The van der Waals surface area contributed by atoms with Crippen LogP contribution in [0, 0.1) is 6.92 Å². The van der Waals surface area contributed by atoms with Crippen LogP contribution in [0.25, 0.3) is 0 Å². The molecule has 0 saturated carbocycles. The number of halogens is 2. The Labute approximate surface area is 91.0 Å². The zero-order chi connectivity index (χ0) is 11.6. The van der Waals surface area contributed by atoms with E-state index >= 15 is 0 Å². The fourth-order valence-electron chi connectivity index (χ4n) is 1.23. The number of alkyl halides is 2. The normalized spacial score (nSPS) is 10.7. The van der Waals surface area contributed by atoms with E-state index in [1.54, 1.807) is 14.0 Å². The van der Waals surface area contributed by atoms with Crippen molar-refractivity contribution in [1.29, 1.82) is 0 Å². The average molecular weight is 235 g/mol. The van der Waals surface area contributed by atoms with Crippen molar-refractivity contribution in [2.75, 3.05) is 6.61 Å².